The minimum Gasteiger partial charge on any atom is -0.487 e. The van der Waals surface area contributed by atoms with Crippen molar-refractivity contribution >= 4 is 6.03 Å². The Balaban J connectivity index is 1.41. The number of urea groups is 1. The molecule has 1 aromatic carbocycles. The molecule has 1 fully saturated rings. The molecule has 1 spiro atoms. The van der Waals surface area contributed by atoms with E-state index < -0.39 is 0 Å². The van der Waals surface area contributed by atoms with Crippen molar-refractivity contribution < 1.29 is 9.53 Å². The molecule has 7 nitrogen and oxygen atoms in total. The third kappa shape index (κ3) is 3.31. The van der Waals surface area contributed by atoms with Crippen LogP contribution in [-0.2, 0) is 6.54 Å². The molecule has 2 atom stereocenters. The fourth-order valence-electron chi connectivity index (χ4n) is 3.70. The predicted molar refractivity (Wildman–Crippen MR) is 92.2 cm³/mol. The minimum absolute atomic E-state index is 0.0242. The Morgan fingerprint density at radius 3 is 3.00 bits per heavy atom. The van der Waals surface area contributed by atoms with Gasteiger partial charge in [-0.3, -0.25) is 4.68 Å². The molecular weight excluding hydrogens is 318 g/mol. The van der Waals surface area contributed by atoms with Crippen LogP contribution >= 0.6 is 0 Å². The summed E-state index contributed by atoms with van der Waals surface area (Å²) >= 11 is 0. The molecule has 0 bridgehead atoms. The van der Waals surface area contributed by atoms with Gasteiger partial charge >= 0.3 is 6.03 Å². The van der Waals surface area contributed by atoms with E-state index in [0.29, 0.717) is 6.54 Å². The van der Waals surface area contributed by atoms with Gasteiger partial charge < -0.3 is 15.4 Å². The molecule has 132 valence electrons. The summed E-state index contributed by atoms with van der Waals surface area (Å²) in [5, 5.41) is 10.2. The van der Waals surface area contributed by atoms with Crippen LogP contribution in [0.1, 0.15) is 44.2 Å². The third-order valence-electron chi connectivity index (χ3n) is 5.07. The average Bonchev–Trinajstić information content (AvgIpc) is 3.05. The number of rotatable bonds is 4. The zero-order valence-corrected chi connectivity index (χ0v) is 14.3. The number of benzene rings is 1. The highest BCUT2D eigenvalue weighted by atomic mass is 16.5. The molecule has 25 heavy (non-hydrogen) atoms. The molecule has 2 aliphatic rings. The lowest BCUT2D eigenvalue weighted by molar-refractivity contribution is -0.0355. The summed E-state index contributed by atoms with van der Waals surface area (Å²) in [7, 11) is 0. The van der Waals surface area contributed by atoms with Gasteiger partial charge in [-0.05, 0) is 32.3 Å². The van der Waals surface area contributed by atoms with Crippen molar-refractivity contribution in [2.24, 2.45) is 0 Å². The predicted octanol–water partition coefficient (Wildman–Crippen LogP) is 2.41. The summed E-state index contributed by atoms with van der Waals surface area (Å²) in [4.78, 5) is 16.4. The van der Waals surface area contributed by atoms with Crippen LogP contribution in [0.3, 0.4) is 0 Å². The highest BCUT2D eigenvalue weighted by molar-refractivity contribution is 5.75. The van der Waals surface area contributed by atoms with E-state index in [4.69, 9.17) is 4.74 Å². The van der Waals surface area contributed by atoms with Crippen LogP contribution in [0.2, 0.25) is 0 Å². The van der Waals surface area contributed by atoms with Gasteiger partial charge in [-0.25, -0.2) is 9.78 Å². The maximum atomic E-state index is 12.5. The highest BCUT2D eigenvalue weighted by Crippen LogP contribution is 2.48. The molecule has 0 saturated heterocycles. The average molecular weight is 341 g/mol. The second-order valence-electron chi connectivity index (χ2n) is 7.07. The zero-order valence-electron chi connectivity index (χ0n) is 14.3. The number of nitrogens with one attached hydrogen (secondary N) is 2. The number of hydrogen-bond acceptors (Lipinski definition) is 4. The van der Waals surface area contributed by atoms with Crippen molar-refractivity contribution in [3.8, 4) is 5.75 Å². The summed E-state index contributed by atoms with van der Waals surface area (Å²) in [6, 6.07) is 7.76. The first-order valence-corrected chi connectivity index (χ1v) is 8.81. The monoisotopic (exact) mass is 341 g/mol. The topological polar surface area (TPSA) is 81.1 Å². The summed E-state index contributed by atoms with van der Waals surface area (Å²) < 4.78 is 7.93. The van der Waals surface area contributed by atoms with Gasteiger partial charge in [0.2, 0.25) is 0 Å². The number of carbonyl (C=O) groups is 1. The number of fused-ring (bicyclic) bond motifs is 1. The van der Waals surface area contributed by atoms with Crippen LogP contribution in [0, 0.1) is 0 Å². The van der Waals surface area contributed by atoms with Crippen LogP contribution in [0.25, 0.3) is 0 Å². The molecule has 1 aromatic heterocycles. The third-order valence-corrected chi connectivity index (χ3v) is 5.07. The Morgan fingerprint density at radius 1 is 1.44 bits per heavy atom. The number of para-hydroxylation sites is 1. The molecule has 2 aromatic rings. The molecule has 1 saturated carbocycles. The van der Waals surface area contributed by atoms with Crippen molar-refractivity contribution in [3.63, 3.8) is 0 Å². The van der Waals surface area contributed by atoms with E-state index in [1.165, 1.54) is 12.7 Å². The number of ether oxygens (including phenoxy) is 1. The Labute approximate surface area is 146 Å². The second kappa shape index (κ2) is 6.38. The smallest absolute Gasteiger partial charge is 0.315 e. The van der Waals surface area contributed by atoms with E-state index in [0.717, 1.165) is 30.6 Å². The van der Waals surface area contributed by atoms with Gasteiger partial charge in [0, 0.05) is 18.0 Å². The lowest BCUT2D eigenvalue weighted by Crippen LogP contribution is -2.51. The molecule has 4 rings (SSSR count). The maximum absolute atomic E-state index is 12.5. The van der Waals surface area contributed by atoms with Gasteiger partial charge in [0.05, 0.1) is 12.6 Å². The molecule has 1 aliphatic heterocycles. The van der Waals surface area contributed by atoms with Crippen LogP contribution in [0.5, 0.6) is 5.75 Å². The van der Waals surface area contributed by atoms with E-state index in [9.17, 15) is 4.79 Å². The van der Waals surface area contributed by atoms with Crippen LogP contribution in [0.4, 0.5) is 4.79 Å². The number of amides is 2. The lowest BCUT2D eigenvalue weighted by Gasteiger charge is -2.48. The first-order chi connectivity index (χ1) is 12.1. The van der Waals surface area contributed by atoms with E-state index in [-0.39, 0.29) is 23.7 Å². The second-order valence-corrected chi connectivity index (χ2v) is 7.07. The SMILES string of the molecule is C[C@@H](Cn1cncn1)NC(=O)N[C@H]1CC2(CCC2)Oc2ccccc21. The van der Waals surface area contributed by atoms with Gasteiger partial charge in [-0.1, -0.05) is 18.2 Å². The standard InChI is InChI=1S/C18H23N5O2/c1-13(10-23-12-19-11-20-23)21-17(24)22-15-9-18(7-4-8-18)25-16-6-3-2-5-14(15)16/h2-3,5-6,11-13,15H,4,7-10H2,1H3,(H2,21,22,24)/t13-,15-/m0/s1. The van der Waals surface area contributed by atoms with Gasteiger partial charge in [0.1, 0.15) is 24.0 Å². The minimum atomic E-state index is -0.163. The summed E-state index contributed by atoms with van der Waals surface area (Å²) in [5.74, 6) is 0.898. The molecule has 2 N–H and O–H groups in total. The van der Waals surface area contributed by atoms with E-state index >= 15 is 0 Å². The summed E-state index contributed by atoms with van der Waals surface area (Å²) in [6.07, 6.45) is 7.27. The molecular formula is C18H23N5O2. The number of hydrogen-bond donors (Lipinski definition) is 2. The van der Waals surface area contributed by atoms with Gasteiger partial charge in [-0.2, -0.15) is 5.10 Å². The van der Waals surface area contributed by atoms with Crippen molar-refractivity contribution in [3.05, 3.63) is 42.5 Å². The van der Waals surface area contributed by atoms with Crippen molar-refractivity contribution in [1.82, 2.24) is 25.4 Å². The quantitative estimate of drug-likeness (QED) is 0.895. The number of aromatic nitrogens is 3. The molecule has 0 unspecified atom stereocenters. The van der Waals surface area contributed by atoms with Crippen LogP contribution in [0.15, 0.2) is 36.9 Å². The highest BCUT2D eigenvalue weighted by Gasteiger charge is 2.45. The van der Waals surface area contributed by atoms with E-state index in [2.05, 4.69) is 20.7 Å². The maximum Gasteiger partial charge on any atom is 0.315 e. The summed E-state index contributed by atoms with van der Waals surface area (Å²) in [5.41, 5.74) is 0.956. The normalized spacial score (nSPS) is 21.6. The molecule has 1 aliphatic carbocycles. The molecule has 0 radical (unpaired) electrons. The Kier molecular flexibility index (Phi) is 4.07. The first-order valence-electron chi connectivity index (χ1n) is 8.81. The van der Waals surface area contributed by atoms with Crippen molar-refractivity contribution in [2.45, 2.75) is 56.8 Å². The Morgan fingerprint density at radius 2 is 2.28 bits per heavy atom. The van der Waals surface area contributed by atoms with Gasteiger partial charge in [-0.15, -0.1) is 0 Å². The van der Waals surface area contributed by atoms with E-state index in [1.807, 2.05) is 31.2 Å². The van der Waals surface area contributed by atoms with Crippen LogP contribution in [-0.4, -0.2) is 32.4 Å². The Bertz CT molecular complexity index is 742. The molecule has 2 heterocycles. The number of nitrogens with zero attached hydrogens (tertiary/aromatic N) is 3. The number of carbonyl (C=O) groups excluding carboxylic acids is 1. The van der Waals surface area contributed by atoms with Gasteiger partial charge in [0.25, 0.3) is 0 Å². The fourth-order valence-corrected chi connectivity index (χ4v) is 3.70. The summed E-state index contributed by atoms with van der Waals surface area (Å²) in [6.45, 7) is 2.54. The Hall–Kier alpha value is -2.57. The van der Waals surface area contributed by atoms with Gasteiger partial charge in [0.15, 0.2) is 0 Å². The largest absolute Gasteiger partial charge is 0.487 e. The molecule has 2 amide bonds. The zero-order chi connectivity index (χ0) is 17.3. The van der Waals surface area contributed by atoms with Crippen molar-refractivity contribution in [1.29, 1.82) is 0 Å². The lowest BCUT2D eigenvalue weighted by atomic mass is 9.73. The van der Waals surface area contributed by atoms with Crippen LogP contribution < -0.4 is 15.4 Å². The van der Waals surface area contributed by atoms with E-state index in [1.54, 1.807) is 11.0 Å². The fraction of sp³-hybridized carbons (Fsp3) is 0.500. The van der Waals surface area contributed by atoms with Crippen molar-refractivity contribution in [2.75, 3.05) is 0 Å². The first kappa shape index (κ1) is 15.9. The molecule has 7 heteroatoms.